The van der Waals surface area contributed by atoms with Crippen LogP contribution in [0.3, 0.4) is 0 Å². The van der Waals surface area contributed by atoms with Gasteiger partial charge in [0.05, 0.1) is 11.1 Å². The summed E-state index contributed by atoms with van der Waals surface area (Å²) in [4.78, 5) is 2.35. The number of rotatable bonds is 5. The molecule has 3 heteroatoms. The Morgan fingerprint density at radius 3 is 1.67 bits per heavy atom. The van der Waals surface area contributed by atoms with Gasteiger partial charge in [0.25, 0.3) is 0 Å². The minimum absolute atomic E-state index is 0.143. The number of hydrogen-bond donors (Lipinski definition) is 0. The molecule has 0 aliphatic heterocycles. The lowest BCUT2D eigenvalue weighted by Crippen LogP contribution is -2.40. The number of anilines is 3. The molecule has 10 aromatic carbocycles. The Bertz CT molecular complexity index is 3910. The van der Waals surface area contributed by atoms with E-state index in [1.165, 1.54) is 86.9 Å². The minimum Gasteiger partial charge on any atom is -0.454 e. The van der Waals surface area contributed by atoms with Crippen LogP contribution in [0.4, 0.5) is 17.1 Å². The van der Waals surface area contributed by atoms with Crippen molar-refractivity contribution in [2.45, 2.75) is 24.7 Å². The first-order valence-electron chi connectivity index (χ1n) is 23.2. The summed E-state index contributed by atoms with van der Waals surface area (Å²) in [6, 6.07) is 83.1. The highest BCUT2D eigenvalue weighted by molar-refractivity contribution is 7.26. The van der Waals surface area contributed by atoms with Crippen LogP contribution in [0, 0.1) is 0 Å². The first-order chi connectivity index (χ1) is 33.0. The lowest BCUT2D eigenvalue weighted by atomic mass is 9.55. The molecule has 12 aromatic rings. The van der Waals surface area contributed by atoms with Crippen molar-refractivity contribution in [1.29, 1.82) is 0 Å². The molecule has 0 amide bonds. The molecular formula is C64H43NOS. The molecule has 316 valence electrons. The third kappa shape index (κ3) is 5.38. The van der Waals surface area contributed by atoms with Crippen LogP contribution in [0.15, 0.2) is 229 Å². The summed E-state index contributed by atoms with van der Waals surface area (Å²) in [7, 11) is 0. The van der Waals surface area contributed by atoms with Gasteiger partial charge in [-0.05, 0) is 115 Å². The third-order valence-corrected chi connectivity index (χ3v) is 16.2. The van der Waals surface area contributed by atoms with Gasteiger partial charge < -0.3 is 9.32 Å². The molecule has 0 radical (unpaired) electrons. The fraction of sp³-hybridized carbons (Fsp3) is 0.0625. The van der Waals surface area contributed by atoms with Crippen molar-refractivity contribution in [2.75, 3.05) is 4.90 Å². The molecule has 0 N–H and O–H groups in total. The van der Waals surface area contributed by atoms with E-state index in [2.05, 4.69) is 237 Å². The van der Waals surface area contributed by atoms with E-state index in [9.17, 15) is 0 Å². The van der Waals surface area contributed by atoms with Crippen LogP contribution in [-0.2, 0) is 10.8 Å². The Balaban J connectivity index is 0.914. The summed E-state index contributed by atoms with van der Waals surface area (Å²) < 4.78 is 9.35. The maximum Gasteiger partial charge on any atom is 0.159 e. The van der Waals surface area contributed by atoms with Gasteiger partial charge in [-0.1, -0.05) is 190 Å². The van der Waals surface area contributed by atoms with Crippen molar-refractivity contribution in [3.63, 3.8) is 0 Å². The first-order valence-corrected chi connectivity index (χ1v) is 24.1. The maximum atomic E-state index is 6.72. The second-order valence-corrected chi connectivity index (χ2v) is 19.8. The number of nitrogens with zero attached hydrogens (tertiary/aromatic N) is 1. The van der Waals surface area contributed by atoms with Crippen LogP contribution in [0.2, 0.25) is 0 Å². The molecule has 2 aliphatic carbocycles. The number of para-hydroxylation sites is 2. The summed E-state index contributed by atoms with van der Waals surface area (Å²) in [5.74, 6) is 0. The molecule has 2 aliphatic rings. The van der Waals surface area contributed by atoms with Crippen molar-refractivity contribution in [3.8, 4) is 33.4 Å². The lowest BCUT2D eigenvalue weighted by molar-refractivity contribution is 0.563. The zero-order valence-electron chi connectivity index (χ0n) is 37.1. The molecule has 0 saturated carbocycles. The summed E-state index contributed by atoms with van der Waals surface area (Å²) >= 11 is 1.87. The second kappa shape index (κ2) is 14.3. The van der Waals surface area contributed by atoms with E-state index in [1.54, 1.807) is 0 Å². The second-order valence-electron chi connectivity index (χ2n) is 18.7. The minimum atomic E-state index is -0.443. The highest BCUT2D eigenvalue weighted by atomic mass is 32.1. The molecule has 14 rings (SSSR count). The molecule has 2 heterocycles. The van der Waals surface area contributed by atoms with Gasteiger partial charge in [0.15, 0.2) is 5.58 Å². The fourth-order valence-corrected chi connectivity index (χ4v) is 13.2. The topological polar surface area (TPSA) is 16.4 Å². The Hall–Kier alpha value is -7.98. The van der Waals surface area contributed by atoms with Crippen LogP contribution in [0.25, 0.3) is 75.5 Å². The lowest BCUT2D eigenvalue weighted by Gasteiger charge is -2.46. The number of thiophene rings is 1. The van der Waals surface area contributed by atoms with E-state index < -0.39 is 5.41 Å². The summed E-state index contributed by atoms with van der Waals surface area (Å²) in [6.07, 6.45) is 0. The van der Waals surface area contributed by atoms with Gasteiger partial charge in [0.2, 0.25) is 0 Å². The smallest absolute Gasteiger partial charge is 0.159 e. The number of benzene rings is 10. The van der Waals surface area contributed by atoms with Gasteiger partial charge in [-0.15, -0.1) is 11.3 Å². The monoisotopic (exact) mass is 873 g/mol. The molecular weight excluding hydrogens is 831 g/mol. The standard InChI is InChI=1S/C64H43NOS/c1-63(2)53-22-7-9-24-55(53)64(56-25-10-8-23-54(56)63)52-21-6-3-15-46(52)47-38-33-42(39-57(47)64)40-29-34-43(35-30-40)65(58-26-14-19-50-48-16-4-11-27-59(48)66-61(50)58)44-36-31-41(32-37-44)45-18-13-20-51-49-17-5-12-28-60(49)67-62(45)51/h3-39H,1-2H3. The van der Waals surface area contributed by atoms with Crippen LogP contribution >= 0.6 is 11.3 Å². The average molecular weight is 874 g/mol. The SMILES string of the molecule is CC1(C)c2ccccc2C2(c3ccccc3-c3ccc(-c4ccc(N(c5ccc(-c6cccc7c6sc6ccccc67)cc5)c5cccc6c5oc5ccccc56)cc4)cc32)c2ccccc21. The van der Waals surface area contributed by atoms with Crippen LogP contribution < -0.4 is 4.90 Å². The Labute approximate surface area is 393 Å². The number of hydrogen-bond acceptors (Lipinski definition) is 3. The molecule has 0 unspecified atom stereocenters. The van der Waals surface area contributed by atoms with Crippen LogP contribution in [0.5, 0.6) is 0 Å². The Morgan fingerprint density at radius 1 is 0.388 bits per heavy atom. The molecule has 0 saturated heterocycles. The molecule has 0 fully saturated rings. The first kappa shape index (κ1) is 38.3. The zero-order chi connectivity index (χ0) is 44.4. The molecule has 2 aromatic heterocycles. The van der Waals surface area contributed by atoms with Crippen LogP contribution in [-0.4, -0.2) is 0 Å². The van der Waals surface area contributed by atoms with Gasteiger partial charge in [0, 0.05) is 47.7 Å². The van der Waals surface area contributed by atoms with Crippen molar-refractivity contribution in [1.82, 2.24) is 0 Å². The normalized spacial score (nSPS) is 14.1. The van der Waals surface area contributed by atoms with E-state index in [0.29, 0.717) is 0 Å². The molecule has 67 heavy (non-hydrogen) atoms. The number of furan rings is 1. The van der Waals surface area contributed by atoms with E-state index in [1.807, 2.05) is 17.4 Å². The van der Waals surface area contributed by atoms with Crippen molar-refractivity contribution >= 4 is 70.5 Å². The zero-order valence-corrected chi connectivity index (χ0v) is 37.9. The predicted molar refractivity (Wildman–Crippen MR) is 282 cm³/mol. The van der Waals surface area contributed by atoms with E-state index in [4.69, 9.17) is 4.42 Å². The van der Waals surface area contributed by atoms with Crippen molar-refractivity contribution < 1.29 is 4.42 Å². The maximum absolute atomic E-state index is 6.72. The van der Waals surface area contributed by atoms with Gasteiger partial charge in [0.1, 0.15) is 5.58 Å². The molecule has 1 spiro atoms. The highest BCUT2D eigenvalue weighted by Gasteiger charge is 2.53. The predicted octanol–water partition coefficient (Wildman–Crippen LogP) is 17.8. The largest absolute Gasteiger partial charge is 0.454 e. The Morgan fingerprint density at radius 2 is 0.925 bits per heavy atom. The summed E-state index contributed by atoms with van der Waals surface area (Å²) in [6.45, 7) is 4.77. The Kier molecular flexibility index (Phi) is 8.15. The van der Waals surface area contributed by atoms with Crippen molar-refractivity contribution in [3.05, 3.63) is 258 Å². The van der Waals surface area contributed by atoms with Gasteiger partial charge >= 0.3 is 0 Å². The summed E-state index contributed by atoms with van der Waals surface area (Å²) in [5.41, 5.74) is 19.9. The highest BCUT2D eigenvalue weighted by Crippen LogP contribution is 2.62. The number of fused-ring (bicyclic) bond motifs is 15. The van der Waals surface area contributed by atoms with E-state index in [0.717, 1.165) is 39.0 Å². The van der Waals surface area contributed by atoms with Crippen molar-refractivity contribution in [2.24, 2.45) is 0 Å². The van der Waals surface area contributed by atoms with Crippen LogP contribution in [0.1, 0.15) is 47.2 Å². The van der Waals surface area contributed by atoms with E-state index >= 15 is 0 Å². The van der Waals surface area contributed by atoms with E-state index in [-0.39, 0.29) is 5.41 Å². The average Bonchev–Trinajstić information content (AvgIpc) is 4.05. The molecule has 0 atom stereocenters. The van der Waals surface area contributed by atoms with Gasteiger partial charge in [-0.25, -0.2) is 0 Å². The quantitative estimate of drug-likeness (QED) is 0.171. The fourth-order valence-electron chi connectivity index (χ4n) is 11.9. The summed E-state index contributed by atoms with van der Waals surface area (Å²) in [5, 5.41) is 4.84. The molecule has 2 nitrogen and oxygen atoms in total. The third-order valence-electron chi connectivity index (χ3n) is 15.0. The molecule has 0 bridgehead atoms. The van der Waals surface area contributed by atoms with Gasteiger partial charge in [-0.3, -0.25) is 0 Å². The van der Waals surface area contributed by atoms with Gasteiger partial charge in [-0.2, -0.15) is 0 Å².